The van der Waals surface area contributed by atoms with Gasteiger partial charge in [-0.1, -0.05) is 18.1 Å². The van der Waals surface area contributed by atoms with E-state index < -0.39 is 11.9 Å². The summed E-state index contributed by atoms with van der Waals surface area (Å²) in [7, 11) is 2.98. The molecule has 0 saturated carbocycles. The quantitative estimate of drug-likeness (QED) is 0.344. The summed E-state index contributed by atoms with van der Waals surface area (Å²) in [6, 6.07) is 8.04. The predicted molar refractivity (Wildman–Crippen MR) is 137 cm³/mol. The molecule has 36 heavy (non-hydrogen) atoms. The number of amides is 2. The van der Waals surface area contributed by atoms with Crippen molar-refractivity contribution in [2.45, 2.75) is 25.4 Å². The number of carbonyl (C=O) groups is 4. The highest BCUT2D eigenvalue weighted by molar-refractivity contribution is 6.05. The van der Waals surface area contributed by atoms with Crippen LogP contribution in [-0.4, -0.2) is 78.9 Å². The zero-order chi connectivity index (χ0) is 26.1. The Morgan fingerprint density at radius 3 is 2.67 bits per heavy atom. The van der Waals surface area contributed by atoms with E-state index in [1.54, 1.807) is 24.4 Å². The number of carbonyl (C=O) groups excluding carboxylic acids is 4. The lowest BCUT2D eigenvalue weighted by molar-refractivity contribution is -0.125. The second kappa shape index (κ2) is 12.6. The summed E-state index contributed by atoms with van der Waals surface area (Å²) >= 11 is 0. The first-order valence-corrected chi connectivity index (χ1v) is 11.8. The number of hydrogen-bond donors (Lipinski definition) is 2. The van der Waals surface area contributed by atoms with Crippen LogP contribution in [0.4, 0.5) is 5.69 Å². The van der Waals surface area contributed by atoms with E-state index in [0.29, 0.717) is 36.4 Å². The molecule has 0 aliphatic carbocycles. The Bertz CT molecular complexity index is 1140. The van der Waals surface area contributed by atoms with Crippen molar-refractivity contribution < 1.29 is 19.2 Å². The number of benzene rings is 1. The number of anilines is 1. The number of nitrogens with zero attached hydrogens (tertiary/aromatic N) is 3. The summed E-state index contributed by atoms with van der Waals surface area (Å²) in [5, 5.41) is 5.83. The maximum absolute atomic E-state index is 13.2. The molecule has 9 nitrogen and oxygen atoms in total. The summed E-state index contributed by atoms with van der Waals surface area (Å²) in [5.74, 6) is 2.08. The van der Waals surface area contributed by atoms with Gasteiger partial charge in [-0.15, -0.1) is 6.42 Å². The molecule has 3 rings (SSSR count). The highest BCUT2D eigenvalue weighted by Gasteiger charge is 2.29. The Hall–Kier alpha value is -4.03. The molecule has 1 atom stereocenters. The molecule has 1 aromatic carbocycles. The number of likely N-dealkylation sites (N-methyl/N-ethyl adjacent to an activating group) is 2. The van der Waals surface area contributed by atoms with E-state index in [1.807, 2.05) is 12.1 Å². The van der Waals surface area contributed by atoms with Gasteiger partial charge in [-0.25, -0.2) is 4.98 Å². The monoisotopic (exact) mass is 489 g/mol. The predicted octanol–water partition coefficient (Wildman–Crippen LogP) is 1.59. The Morgan fingerprint density at radius 2 is 2.06 bits per heavy atom. The normalized spacial score (nSPS) is 14.1. The van der Waals surface area contributed by atoms with Gasteiger partial charge in [0.05, 0.1) is 11.1 Å². The van der Waals surface area contributed by atoms with Crippen molar-refractivity contribution in [3.05, 3.63) is 58.9 Å². The fraction of sp³-hybridized carbons (Fsp3) is 0.370. The summed E-state index contributed by atoms with van der Waals surface area (Å²) in [5.41, 5.74) is 2.74. The van der Waals surface area contributed by atoms with Gasteiger partial charge < -0.3 is 20.3 Å². The molecule has 0 radical (unpaired) electrons. The minimum atomic E-state index is -0.817. The van der Waals surface area contributed by atoms with Gasteiger partial charge in [0.1, 0.15) is 18.0 Å². The van der Waals surface area contributed by atoms with Gasteiger partial charge in [-0.3, -0.25) is 19.3 Å². The van der Waals surface area contributed by atoms with Gasteiger partial charge in [0.25, 0.3) is 5.91 Å². The molecule has 188 valence electrons. The first kappa shape index (κ1) is 26.6. The third kappa shape index (κ3) is 6.34. The van der Waals surface area contributed by atoms with E-state index in [4.69, 9.17) is 6.42 Å². The van der Waals surface area contributed by atoms with Crippen molar-refractivity contribution in [3.63, 3.8) is 0 Å². The Labute approximate surface area is 211 Å². The zero-order valence-corrected chi connectivity index (χ0v) is 20.6. The number of pyridine rings is 1. The van der Waals surface area contributed by atoms with Crippen LogP contribution in [0.15, 0.2) is 36.5 Å². The maximum atomic E-state index is 13.2. The molecule has 0 bridgehead atoms. The molecule has 2 amide bonds. The largest absolute Gasteiger partial charge is 0.384 e. The fourth-order valence-electron chi connectivity index (χ4n) is 4.31. The first-order chi connectivity index (χ1) is 17.4. The summed E-state index contributed by atoms with van der Waals surface area (Å²) in [6.07, 6.45) is 8.85. The second-order valence-corrected chi connectivity index (χ2v) is 8.81. The maximum Gasteiger partial charge on any atom is 0.255 e. The summed E-state index contributed by atoms with van der Waals surface area (Å²) in [4.78, 5) is 56.1. The highest BCUT2D eigenvalue weighted by Crippen LogP contribution is 2.24. The third-order valence-corrected chi connectivity index (χ3v) is 6.34. The molecule has 1 fully saturated rings. The van der Waals surface area contributed by atoms with Crippen LogP contribution in [0.2, 0.25) is 0 Å². The van der Waals surface area contributed by atoms with E-state index >= 15 is 0 Å². The van der Waals surface area contributed by atoms with Crippen molar-refractivity contribution in [2.24, 2.45) is 5.92 Å². The zero-order valence-electron chi connectivity index (χ0n) is 20.6. The van der Waals surface area contributed by atoms with E-state index in [9.17, 15) is 19.2 Å². The fourth-order valence-corrected chi connectivity index (χ4v) is 4.31. The average molecular weight is 490 g/mol. The van der Waals surface area contributed by atoms with Crippen LogP contribution in [0.5, 0.6) is 0 Å². The van der Waals surface area contributed by atoms with Crippen LogP contribution < -0.4 is 10.6 Å². The van der Waals surface area contributed by atoms with Crippen LogP contribution >= 0.6 is 0 Å². The van der Waals surface area contributed by atoms with Gasteiger partial charge in [-0.2, -0.15) is 0 Å². The Balaban J connectivity index is 1.61. The van der Waals surface area contributed by atoms with Crippen molar-refractivity contribution >= 4 is 30.1 Å². The molecule has 1 unspecified atom stereocenters. The van der Waals surface area contributed by atoms with Gasteiger partial charge in [-0.05, 0) is 30.2 Å². The van der Waals surface area contributed by atoms with Crippen LogP contribution in [0.25, 0.3) is 0 Å². The van der Waals surface area contributed by atoms with E-state index in [2.05, 4.69) is 26.4 Å². The minimum Gasteiger partial charge on any atom is -0.384 e. The minimum absolute atomic E-state index is 0.142. The van der Waals surface area contributed by atoms with Crippen molar-refractivity contribution in [1.29, 1.82) is 0 Å². The van der Waals surface area contributed by atoms with Gasteiger partial charge in [0.15, 0.2) is 6.29 Å². The average Bonchev–Trinajstić information content (AvgIpc) is 2.89. The second-order valence-electron chi connectivity index (χ2n) is 8.81. The SMILES string of the molecule is C#Cc1ccc(CN2CC(CNc3cccc(C(=O)N(C)C(CCC=O)C(=O)NC)c3C=O)C2)cn1. The molecule has 1 saturated heterocycles. The summed E-state index contributed by atoms with van der Waals surface area (Å²) in [6.45, 7) is 3.23. The molecular formula is C27H31N5O4. The van der Waals surface area contributed by atoms with Gasteiger partial charge in [0.2, 0.25) is 5.91 Å². The van der Waals surface area contributed by atoms with Crippen LogP contribution in [-0.2, 0) is 16.1 Å². The molecule has 2 heterocycles. The molecule has 1 aliphatic heterocycles. The summed E-state index contributed by atoms with van der Waals surface area (Å²) < 4.78 is 0. The van der Waals surface area contributed by atoms with Crippen LogP contribution in [0, 0.1) is 18.3 Å². The van der Waals surface area contributed by atoms with E-state index in [1.165, 1.54) is 19.0 Å². The molecule has 1 aliphatic rings. The van der Waals surface area contributed by atoms with Crippen molar-refractivity contribution in [3.8, 4) is 12.3 Å². The first-order valence-electron chi connectivity index (χ1n) is 11.8. The van der Waals surface area contributed by atoms with E-state index in [-0.39, 0.29) is 29.9 Å². The molecule has 2 N–H and O–H groups in total. The molecule has 1 aromatic heterocycles. The lowest BCUT2D eigenvalue weighted by Gasteiger charge is -2.39. The van der Waals surface area contributed by atoms with Crippen LogP contribution in [0.1, 0.15) is 44.8 Å². The van der Waals surface area contributed by atoms with Crippen LogP contribution in [0.3, 0.4) is 0 Å². The standard InChI is InChI=1S/C27H31N5O4/c1-4-21-11-10-19(13-29-21)15-32-16-20(17-32)14-30-24-8-5-7-22(23(24)18-34)27(36)31(3)25(9-6-12-33)26(35)28-2/h1,5,7-8,10-13,18,20,25,30H,6,9,14-17H2,2-3H3,(H,28,35). The van der Waals surface area contributed by atoms with Gasteiger partial charge >= 0.3 is 0 Å². The lowest BCUT2D eigenvalue weighted by Crippen LogP contribution is -2.48. The lowest BCUT2D eigenvalue weighted by atomic mass is 9.98. The number of rotatable bonds is 12. The number of terminal acetylenes is 1. The van der Waals surface area contributed by atoms with Gasteiger partial charge in [0, 0.05) is 64.5 Å². The number of likely N-dealkylation sites (tertiary alicyclic amines) is 1. The van der Waals surface area contributed by atoms with Crippen molar-refractivity contribution in [1.82, 2.24) is 20.1 Å². The van der Waals surface area contributed by atoms with Crippen molar-refractivity contribution in [2.75, 3.05) is 39.0 Å². The number of aromatic nitrogens is 1. The topological polar surface area (TPSA) is 112 Å². The molecule has 0 spiro atoms. The number of hydrogen-bond acceptors (Lipinski definition) is 7. The number of aldehydes is 2. The molecular weight excluding hydrogens is 458 g/mol. The number of nitrogens with one attached hydrogen (secondary N) is 2. The van der Waals surface area contributed by atoms with E-state index in [0.717, 1.165) is 25.2 Å². The smallest absolute Gasteiger partial charge is 0.255 e. The Morgan fingerprint density at radius 1 is 1.28 bits per heavy atom. The Kier molecular flexibility index (Phi) is 9.31. The third-order valence-electron chi connectivity index (χ3n) is 6.34. The molecule has 9 heteroatoms. The molecule has 2 aromatic rings. The highest BCUT2D eigenvalue weighted by atomic mass is 16.2.